The summed E-state index contributed by atoms with van der Waals surface area (Å²) in [5, 5.41) is 9.67. The maximum atomic E-state index is 11.3. The summed E-state index contributed by atoms with van der Waals surface area (Å²) in [6, 6.07) is 0. The van der Waals surface area contributed by atoms with Crippen LogP contribution in [0.4, 0.5) is 0 Å². The topological polar surface area (TPSA) is 69.6 Å². The van der Waals surface area contributed by atoms with Crippen molar-refractivity contribution in [3.8, 4) is 0 Å². The number of hydrogen-bond donors (Lipinski definition) is 2. The minimum absolute atomic E-state index is 0.177. The van der Waals surface area contributed by atoms with Gasteiger partial charge in [0, 0.05) is 20.1 Å². The van der Waals surface area contributed by atoms with Crippen molar-refractivity contribution >= 4 is 10.2 Å². The molecule has 1 aliphatic rings. The zero-order chi connectivity index (χ0) is 10.1. The molecule has 78 valence electrons. The molecule has 1 rings (SSSR count). The number of nitrogens with zero attached hydrogens (tertiary/aromatic N) is 1. The molecule has 13 heavy (non-hydrogen) atoms. The fourth-order valence-electron chi connectivity index (χ4n) is 1.51. The van der Waals surface area contributed by atoms with Gasteiger partial charge in [-0.3, -0.25) is 0 Å². The smallest absolute Gasteiger partial charge is 0.279 e. The predicted octanol–water partition coefficient (Wildman–Crippen LogP) is -0.703. The first-order valence-corrected chi connectivity index (χ1v) is 5.72. The average molecular weight is 208 g/mol. The van der Waals surface area contributed by atoms with E-state index < -0.39 is 15.8 Å². The Kier molecular flexibility index (Phi) is 2.96. The van der Waals surface area contributed by atoms with Crippen LogP contribution >= 0.6 is 0 Å². The molecule has 0 aromatic rings. The first kappa shape index (κ1) is 10.9. The molecule has 1 unspecified atom stereocenters. The van der Waals surface area contributed by atoms with E-state index in [-0.39, 0.29) is 6.54 Å². The molecule has 0 aliphatic carbocycles. The Morgan fingerprint density at radius 3 is 2.62 bits per heavy atom. The molecule has 0 aromatic heterocycles. The number of hydrogen-bond acceptors (Lipinski definition) is 3. The first-order valence-electron chi connectivity index (χ1n) is 4.28. The third-order valence-electron chi connectivity index (χ3n) is 2.24. The Morgan fingerprint density at radius 1 is 1.54 bits per heavy atom. The lowest BCUT2D eigenvalue weighted by atomic mass is 9.97. The van der Waals surface area contributed by atoms with Crippen molar-refractivity contribution < 1.29 is 13.5 Å². The number of piperidine rings is 1. The van der Waals surface area contributed by atoms with Crippen LogP contribution in [0, 0.1) is 0 Å². The first-order chi connectivity index (χ1) is 5.87. The normalized spacial score (nSPS) is 31.9. The summed E-state index contributed by atoms with van der Waals surface area (Å²) in [5.74, 6) is 0. The Balaban J connectivity index is 2.73. The molecule has 6 heteroatoms. The van der Waals surface area contributed by atoms with Gasteiger partial charge in [0.15, 0.2) is 0 Å². The highest BCUT2D eigenvalue weighted by atomic mass is 32.2. The standard InChI is InChI=1S/C7H16N2O3S/c1-7(10)4-3-5-9(6-7)13(11,12)8-2/h8,10H,3-6H2,1-2H3. The van der Waals surface area contributed by atoms with Gasteiger partial charge in [0.2, 0.25) is 0 Å². The van der Waals surface area contributed by atoms with Crippen LogP contribution < -0.4 is 4.72 Å². The third-order valence-corrected chi connectivity index (χ3v) is 3.75. The molecule has 0 amide bonds. The molecular formula is C7H16N2O3S. The molecule has 1 atom stereocenters. The minimum Gasteiger partial charge on any atom is -0.389 e. The van der Waals surface area contributed by atoms with E-state index in [1.165, 1.54) is 11.4 Å². The molecule has 1 aliphatic heterocycles. The Morgan fingerprint density at radius 2 is 2.15 bits per heavy atom. The van der Waals surface area contributed by atoms with Crippen molar-refractivity contribution in [2.45, 2.75) is 25.4 Å². The van der Waals surface area contributed by atoms with Gasteiger partial charge in [-0.15, -0.1) is 0 Å². The van der Waals surface area contributed by atoms with Crippen molar-refractivity contribution in [1.82, 2.24) is 9.03 Å². The van der Waals surface area contributed by atoms with Gasteiger partial charge in [-0.2, -0.15) is 12.7 Å². The van der Waals surface area contributed by atoms with Crippen LogP contribution in [-0.4, -0.2) is 43.6 Å². The third kappa shape index (κ3) is 2.63. The van der Waals surface area contributed by atoms with Crippen LogP contribution in [0.1, 0.15) is 19.8 Å². The van der Waals surface area contributed by atoms with E-state index in [1.54, 1.807) is 6.92 Å². The summed E-state index contributed by atoms with van der Waals surface area (Å²) in [4.78, 5) is 0. The second-order valence-corrected chi connectivity index (χ2v) is 5.52. The molecule has 0 radical (unpaired) electrons. The highest BCUT2D eigenvalue weighted by Gasteiger charge is 2.33. The van der Waals surface area contributed by atoms with Gasteiger partial charge >= 0.3 is 0 Å². The molecule has 0 bridgehead atoms. The molecule has 0 spiro atoms. The minimum atomic E-state index is -3.37. The zero-order valence-electron chi connectivity index (χ0n) is 7.95. The van der Waals surface area contributed by atoms with E-state index in [1.807, 2.05) is 0 Å². The van der Waals surface area contributed by atoms with Crippen molar-refractivity contribution in [1.29, 1.82) is 0 Å². The summed E-state index contributed by atoms with van der Waals surface area (Å²) in [5.41, 5.74) is -0.887. The summed E-state index contributed by atoms with van der Waals surface area (Å²) in [6.07, 6.45) is 1.36. The van der Waals surface area contributed by atoms with E-state index >= 15 is 0 Å². The maximum Gasteiger partial charge on any atom is 0.279 e. The van der Waals surface area contributed by atoms with Crippen molar-refractivity contribution in [2.24, 2.45) is 0 Å². The van der Waals surface area contributed by atoms with Crippen molar-refractivity contribution in [2.75, 3.05) is 20.1 Å². The molecule has 0 aromatic carbocycles. The molecule has 1 heterocycles. The summed E-state index contributed by atoms with van der Waals surface area (Å²) in [7, 11) is -2.00. The molecule has 1 saturated heterocycles. The lowest BCUT2D eigenvalue weighted by Crippen LogP contribution is -2.51. The Labute approximate surface area is 78.9 Å². The largest absolute Gasteiger partial charge is 0.389 e. The molecular weight excluding hydrogens is 192 g/mol. The van der Waals surface area contributed by atoms with E-state index in [0.29, 0.717) is 19.4 Å². The van der Waals surface area contributed by atoms with E-state index in [4.69, 9.17) is 0 Å². The van der Waals surface area contributed by atoms with E-state index in [0.717, 1.165) is 0 Å². The fraction of sp³-hybridized carbons (Fsp3) is 1.00. The van der Waals surface area contributed by atoms with Crippen molar-refractivity contribution in [3.05, 3.63) is 0 Å². The SMILES string of the molecule is CNS(=O)(=O)N1CCCC(C)(O)C1. The van der Waals surface area contributed by atoms with Crippen LogP contribution in [0.2, 0.25) is 0 Å². The van der Waals surface area contributed by atoms with Gasteiger partial charge < -0.3 is 5.11 Å². The predicted molar refractivity (Wildman–Crippen MR) is 49.4 cm³/mol. The molecule has 5 nitrogen and oxygen atoms in total. The van der Waals surface area contributed by atoms with E-state index in [2.05, 4.69) is 4.72 Å². The van der Waals surface area contributed by atoms with Gasteiger partial charge in [0.05, 0.1) is 5.60 Å². The van der Waals surface area contributed by atoms with Gasteiger partial charge in [-0.1, -0.05) is 0 Å². The Hall–Kier alpha value is -0.170. The maximum absolute atomic E-state index is 11.3. The Bertz CT molecular complexity index is 273. The lowest BCUT2D eigenvalue weighted by Gasteiger charge is -2.35. The van der Waals surface area contributed by atoms with Crippen LogP contribution in [0.3, 0.4) is 0 Å². The van der Waals surface area contributed by atoms with Crippen LogP contribution in [0.15, 0.2) is 0 Å². The highest BCUT2D eigenvalue weighted by Crippen LogP contribution is 2.21. The molecule has 2 N–H and O–H groups in total. The summed E-state index contributed by atoms with van der Waals surface area (Å²) < 4.78 is 26.2. The molecule has 1 fully saturated rings. The number of aliphatic hydroxyl groups is 1. The van der Waals surface area contributed by atoms with E-state index in [9.17, 15) is 13.5 Å². The quantitative estimate of drug-likeness (QED) is 0.630. The van der Waals surface area contributed by atoms with Crippen LogP contribution in [-0.2, 0) is 10.2 Å². The number of rotatable bonds is 2. The fourth-order valence-corrected chi connectivity index (χ4v) is 2.58. The monoisotopic (exact) mass is 208 g/mol. The van der Waals surface area contributed by atoms with Gasteiger partial charge in [0.1, 0.15) is 0 Å². The second kappa shape index (κ2) is 3.53. The van der Waals surface area contributed by atoms with Crippen LogP contribution in [0.25, 0.3) is 0 Å². The summed E-state index contributed by atoms with van der Waals surface area (Å²) in [6.45, 7) is 2.32. The van der Waals surface area contributed by atoms with Crippen LogP contribution in [0.5, 0.6) is 0 Å². The van der Waals surface area contributed by atoms with Gasteiger partial charge in [-0.05, 0) is 19.8 Å². The van der Waals surface area contributed by atoms with Gasteiger partial charge in [-0.25, -0.2) is 4.72 Å². The summed E-state index contributed by atoms with van der Waals surface area (Å²) >= 11 is 0. The van der Waals surface area contributed by atoms with Crippen molar-refractivity contribution in [3.63, 3.8) is 0 Å². The number of nitrogens with one attached hydrogen (secondary N) is 1. The zero-order valence-corrected chi connectivity index (χ0v) is 8.76. The second-order valence-electron chi connectivity index (χ2n) is 3.64. The average Bonchev–Trinajstić information content (AvgIpc) is 2.03. The highest BCUT2D eigenvalue weighted by molar-refractivity contribution is 7.87. The van der Waals surface area contributed by atoms with Gasteiger partial charge in [0.25, 0.3) is 10.2 Å². The molecule has 0 saturated carbocycles. The lowest BCUT2D eigenvalue weighted by molar-refractivity contribution is 0.00913. The number of β-amino-alcohol motifs (C(OH)–C–C–N with tert-alkyl or cyclic N) is 1.